The van der Waals surface area contributed by atoms with Crippen LogP contribution in [0.5, 0.6) is 0 Å². The summed E-state index contributed by atoms with van der Waals surface area (Å²) >= 11 is 0. The first kappa shape index (κ1) is 14.3. The molecule has 0 aromatic carbocycles. The predicted octanol–water partition coefficient (Wildman–Crippen LogP) is 2.91. The largest absolute Gasteiger partial charge is 0.355 e. The normalized spacial score (nSPS) is 35.8. The number of nitrogens with one attached hydrogen (secondary N) is 1. The van der Waals surface area contributed by atoms with Crippen LogP contribution in [-0.2, 0) is 11.3 Å². The molecule has 1 aromatic heterocycles. The van der Waals surface area contributed by atoms with Gasteiger partial charge in [0.1, 0.15) is 0 Å². The van der Waals surface area contributed by atoms with Crippen LogP contribution in [0, 0.1) is 30.1 Å². The van der Waals surface area contributed by atoms with Gasteiger partial charge in [0.25, 0.3) is 0 Å². The summed E-state index contributed by atoms with van der Waals surface area (Å²) in [7, 11) is 0. The van der Waals surface area contributed by atoms with Crippen molar-refractivity contribution in [3.8, 4) is 0 Å². The molecule has 0 radical (unpaired) electrons. The molecule has 4 saturated carbocycles. The molecular weight excluding hydrogens is 274 g/mol. The van der Waals surface area contributed by atoms with Gasteiger partial charge in [0.2, 0.25) is 5.91 Å². The Morgan fingerprint density at radius 2 is 1.91 bits per heavy atom. The number of carbonyl (C=O) groups excluding carboxylic acids is 1. The Balaban J connectivity index is 1.29. The zero-order chi connectivity index (χ0) is 15.2. The zero-order valence-electron chi connectivity index (χ0n) is 13.6. The van der Waals surface area contributed by atoms with E-state index in [1.54, 1.807) is 6.20 Å². The van der Waals surface area contributed by atoms with Crippen LogP contribution in [0.4, 0.5) is 0 Å². The zero-order valence-corrected chi connectivity index (χ0v) is 13.6. The Bertz CT molecular complexity index is 527. The van der Waals surface area contributed by atoms with Crippen LogP contribution >= 0.6 is 0 Å². The summed E-state index contributed by atoms with van der Waals surface area (Å²) in [6.45, 7) is 3.62. The summed E-state index contributed by atoms with van der Waals surface area (Å²) < 4.78 is 1.91. The lowest BCUT2D eigenvalue weighted by Crippen LogP contribution is -2.51. The topological polar surface area (TPSA) is 46.9 Å². The van der Waals surface area contributed by atoms with Crippen LogP contribution in [0.2, 0.25) is 0 Å². The molecule has 4 bridgehead atoms. The predicted molar refractivity (Wildman–Crippen MR) is 85.2 cm³/mol. The van der Waals surface area contributed by atoms with E-state index in [1.807, 2.05) is 17.7 Å². The van der Waals surface area contributed by atoms with Gasteiger partial charge in [0, 0.05) is 31.4 Å². The fourth-order valence-corrected chi connectivity index (χ4v) is 5.72. The monoisotopic (exact) mass is 301 g/mol. The lowest BCUT2D eigenvalue weighted by Gasteiger charge is -2.56. The second-order valence-corrected chi connectivity index (χ2v) is 8.14. The molecular formula is C18H27N3O. The molecule has 4 aliphatic rings. The Morgan fingerprint density at radius 3 is 2.45 bits per heavy atom. The molecule has 5 rings (SSSR count). The summed E-state index contributed by atoms with van der Waals surface area (Å²) in [6.07, 6.45) is 10.8. The van der Waals surface area contributed by atoms with Gasteiger partial charge in [-0.25, -0.2) is 0 Å². The average molecular weight is 301 g/mol. The summed E-state index contributed by atoms with van der Waals surface area (Å²) in [5.74, 6) is 3.05. The molecule has 22 heavy (non-hydrogen) atoms. The van der Waals surface area contributed by atoms with Crippen molar-refractivity contribution in [2.75, 3.05) is 6.54 Å². The first-order valence-electron chi connectivity index (χ1n) is 8.87. The molecule has 1 heterocycles. The van der Waals surface area contributed by atoms with Gasteiger partial charge in [-0.3, -0.25) is 9.48 Å². The first-order chi connectivity index (χ1) is 10.6. The Hall–Kier alpha value is -1.32. The second kappa shape index (κ2) is 5.39. The van der Waals surface area contributed by atoms with Gasteiger partial charge in [-0.2, -0.15) is 5.10 Å². The maximum atomic E-state index is 12.2. The fraction of sp³-hybridized carbons (Fsp3) is 0.778. The molecule has 1 aromatic rings. The Labute approximate surface area is 132 Å². The number of aryl methyl sites for hydroxylation is 2. The van der Waals surface area contributed by atoms with Gasteiger partial charge in [0.15, 0.2) is 0 Å². The van der Waals surface area contributed by atoms with Crippen molar-refractivity contribution in [3.63, 3.8) is 0 Å². The average Bonchev–Trinajstić information content (AvgIpc) is 2.87. The minimum atomic E-state index is 0.186. The van der Waals surface area contributed by atoms with Crippen LogP contribution < -0.4 is 5.32 Å². The molecule has 0 unspecified atom stereocenters. The van der Waals surface area contributed by atoms with Crippen LogP contribution in [-0.4, -0.2) is 22.2 Å². The molecule has 0 aliphatic heterocycles. The van der Waals surface area contributed by atoms with Crippen molar-refractivity contribution < 1.29 is 4.79 Å². The molecule has 0 atom stereocenters. The lowest BCUT2D eigenvalue weighted by molar-refractivity contribution is -0.123. The van der Waals surface area contributed by atoms with E-state index >= 15 is 0 Å². The van der Waals surface area contributed by atoms with Crippen LogP contribution in [0.1, 0.15) is 50.6 Å². The lowest BCUT2D eigenvalue weighted by atomic mass is 9.49. The van der Waals surface area contributed by atoms with Gasteiger partial charge in [-0.15, -0.1) is 0 Å². The highest BCUT2D eigenvalue weighted by Crippen LogP contribution is 2.59. The van der Waals surface area contributed by atoms with Crippen molar-refractivity contribution >= 4 is 5.91 Å². The van der Waals surface area contributed by atoms with Gasteiger partial charge >= 0.3 is 0 Å². The van der Waals surface area contributed by atoms with E-state index in [2.05, 4.69) is 10.4 Å². The molecule has 4 heteroatoms. The fourth-order valence-electron chi connectivity index (χ4n) is 5.72. The van der Waals surface area contributed by atoms with E-state index in [0.29, 0.717) is 18.4 Å². The van der Waals surface area contributed by atoms with E-state index in [-0.39, 0.29) is 5.91 Å². The number of amides is 1. The van der Waals surface area contributed by atoms with Gasteiger partial charge in [0.05, 0.1) is 0 Å². The third kappa shape index (κ3) is 2.68. The minimum absolute atomic E-state index is 0.186. The quantitative estimate of drug-likeness (QED) is 0.909. The molecule has 4 nitrogen and oxygen atoms in total. The minimum Gasteiger partial charge on any atom is -0.355 e. The summed E-state index contributed by atoms with van der Waals surface area (Å²) in [5.41, 5.74) is 1.56. The maximum absolute atomic E-state index is 12.2. The highest BCUT2D eigenvalue weighted by molar-refractivity contribution is 5.75. The molecule has 4 fully saturated rings. The highest BCUT2D eigenvalue weighted by atomic mass is 16.1. The number of aromatic nitrogens is 2. The van der Waals surface area contributed by atoms with E-state index in [0.717, 1.165) is 30.0 Å². The van der Waals surface area contributed by atoms with Gasteiger partial charge in [-0.05, 0) is 74.7 Å². The van der Waals surface area contributed by atoms with Crippen molar-refractivity contribution in [1.82, 2.24) is 15.1 Å². The van der Waals surface area contributed by atoms with E-state index < -0.39 is 0 Å². The molecule has 0 spiro atoms. The molecule has 0 saturated heterocycles. The molecule has 1 amide bonds. The number of rotatable bonds is 5. The number of nitrogens with zero attached hydrogens (tertiary/aromatic N) is 2. The van der Waals surface area contributed by atoms with Crippen molar-refractivity contribution in [2.24, 2.45) is 23.2 Å². The van der Waals surface area contributed by atoms with E-state index in [4.69, 9.17) is 0 Å². The second-order valence-electron chi connectivity index (χ2n) is 8.14. The van der Waals surface area contributed by atoms with Crippen molar-refractivity contribution in [1.29, 1.82) is 0 Å². The summed E-state index contributed by atoms with van der Waals surface area (Å²) in [5, 5.41) is 7.48. The molecule has 120 valence electrons. The van der Waals surface area contributed by atoms with Crippen LogP contribution in [0.3, 0.4) is 0 Å². The first-order valence-corrected chi connectivity index (χ1v) is 8.87. The Kier molecular flexibility index (Phi) is 3.50. The van der Waals surface area contributed by atoms with Gasteiger partial charge < -0.3 is 5.32 Å². The number of hydrogen-bond donors (Lipinski definition) is 1. The maximum Gasteiger partial charge on any atom is 0.221 e. The van der Waals surface area contributed by atoms with E-state index in [9.17, 15) is 4.79 Å². The summed E-state index contributed by atoms with van der Waals surface area (Å²) in [6, 6.07) is 1.98. The van der Waals surface area contributed by atoms with Crippen molar-refractivity contribution in [3.05, 3.63) is 18.0 Å². The molecule has 4 aliphatic carbocycles. The number of carbonyl (C=O) groups is 1. The molecule has 1 N–H and O–H groups in total. The Morgan fingerprint density at radius 1 is 1.27 bits per heavy atom. The van der Waals surface area contributed by atoms with Crippen LogP contribution in [0.15, 0.2) is 12.3 Å². The van der Waals surface area contributed by atoms with Gasteiger partial charge in [-0.1, -0.05) is 0 Å². The third-order valence-electron chi connectivity index (χ3n) is 6.31. The number of hydrogen-bond acceptors (Lipinski definition) is 2. The third-order valence-corrected chi connectivity index (χ3v) is 6.31. The standard InChI is InChI=1S/C18H27N3O/c1-13-2-4-20-21(13)5-3-17(22)19-12-18-9-14-6-15(10-18)8-16(7-14)11-18/h2,4,14-16H,3,5-12H2,1H3,(H,19,22). The smallest absolute Gasteiger partial charge is 0.221 e. The summed E-state index contributed by atoms with van der Waals surface area (Å²) in [4.78, 5) is 12.2. The van der Waals surface area contributed by atoms with E-state index in [1.165, 1.54) is 38.5 Å². The highest BCUT2D eigenvalue weighted by Gasteiger charge is 2.50. The van der Waals surface area contributed by atoms with Crippen molar-refractivity contribution in [2.45, 2.75) is 58.4 Å². The van der Waals surface area contributed by atoms with Crippen LogP contribution in [0.25, 0.3) is 0 Å². The SMILES string of the molecule is Cc1ccnn1CCC(=O)NCC12CC3CC(CC(C3)C1)C2.